The van der Waals surface area contributed by atoms with E-state index >= 15 is 0 Å². The summed E-state index contributed by atoms with van der Waals surface area (Å²) in [5, 5.41) is 4.01. The molecule has 2 aromatic carbocycles. The molecule has 0 saturated carbocycles. The summed E-state index contributed by atoms with van der Waals surface area (Å²) < 4.78 is 0. The lowest BCUT2D eigenvalue weighted by molar-refractivity contribution is -0.131. The van der Waals surface area contributed by atoms with E-state index in [-0.39, 0.29) is 24.1 Å². The first kappa shape index (κ1) is 21.6. The minimum absolute atomic E-state index is 0.0184. The van der Waals surface area contributed by atoms with Crippen LogP contribution >= 0.6 is 35.0 Å². The largest absolute Gasteiger partial charge is 0.336 e. The van der Waals surface area contributed by atoms with E-state index in [1.807, 2.05) is 32.9 Å². The van der Waals surface area contributed by atoms with Gasteiger partial charge in [-0.3, -0.25) is 9.59 Å². The summed E-state index contributed by atoms with van der Waals surface area (Å²) in [4.78, 5) is 26.8. The predicted octanol–water partition coefficient (Wildman–Crippen LogP) is 5.11. The number of likely N-dealkylation sites (N-methyl/N-ethyl adjacent to an activating group) is 1. The zero-order valence-corrected chi connectivity index (χ0v) is 18.1. The molecule has 0 heterocycles. The van der Waals surface area contributed by atoms with Crippen molar-refractivity contribution in [1.29, 1.82) is 0 Å². The first-order chi connectivity index (χ1) is 12.7. The number of rotatable bonds is 6. The van der Waals surface area contributed by atoms with Crippen LogP contribution in [0.3, 0.4) is 0 Å². The Morgan fingerprint density at radius 2 is 1.70 bits per heavy atom. The van der Waals surface area contributed by atoms with Crippen LogP contribution in [0.1, 0.15) is 16.7 Å². The molecule has 144 valence electrons. The number of hydrogen-bond acceptors (Lipinski definition) is 3. The first-order valence-corrected chi connectivity index (χ1v) is 10.1. The van der Waals surface area contributed by atoms with Gasteiger partial charge in [0.15, 0.2) is 0 Å². The average molecular weight is 425 g/mol. The highest BCUT2D eigenvalue weighted by atomic mass is 35.5. The summed E-state index contributed by atoms with van der Waals surface area (Å²) in [6.45, 7) is 5.91. The standard InChI is InChI=1S/C20H22Cl2N2O2S/c1-12-7-13(2)20(14(3)8-12)23-18(25)10-24(4)19(26)11-27-17-9-15(21)5-6-16(17)22/h5-9H,10-11H2,1-4H3,(H,23,25). The third-order valence-corrected chi connectivity index (χ3v) is 5.71. The molecule has 0 fully saturated rings. The van der Waals surface area contributed by atoms with E-state index in [4.69, 9.17) is 23.2 Å². The fraction of sp³-hybridized carbons (Fsp3) is 0.300. The van der Waals surface area contributed by atoms with Crippen molar-refractivity contribution in [1.82, 2.24) is 4.90 Å². The van der Waals surface area contributed by atoms with E-state index in [2.05, 4.69) is 5.32 Å². The number of hydrogen-bond donors (Lipinski definition) is 1. The number of nitrogens with one attached hydrogen (secondary N) is 1. The van der Waals surface area contributed by atoms with Crippen LogP contribution in [0, 0.1) is 20.8 Å². The zero-order valence-electron chi connectivity index (χ0n) is 15.7. The quantitative estimate of drug-likeness (QED) is 0.655. The first-order valence-electron chi connectivity index (χ1n) is 8.37. The van der Waals surface area contributed by atoms with Crippen molar-refractivity contribution in [3.63, 3.8) is 0 Å². The summed E-state index contributed by atoms with van der Waals surface area (Å²) in [6, 6.07) is 9.14. The summed E-state index contributed by atoms with van der Waals surface area (Å²) in [6.07, 6.45) is 0. The van der Waals surface area contributed by atoms with Crippen molar-refractivity contribution in [2.45, 2.75) is 25.7 Å². The fourth-order valence-corrected chi connectivity index (χ4v) is 4.13. The van der Waals surface area contributed by atoms with Gasteiger partial charge in [0.1, 0.15) is 0 Å². The van der Waals surface area contributed by atoms with Gasteiger partial charge in [-0.2, -0.15) is 0 Å². The molecule has 0 aromatic heterocycles. The number of amides is 2. The molecule has 4 nitrogen and oxygen atoms in total. The third kappa shape index (κ3) is 6.16. The van der Waals surface area contributed by atoms with E-state index < -0.39 is 0 Å². The summed E-state index contributed by atoms with van der Waals surface area (Å²) >= 11 is 13.4. The normalized spacial score (nSPS) is 10.6. The van der Waals surface area contributed by atoms with E-state index in [1.165, 1.54) is 16.7 Å². The van der Waals surface area contributed by atoms with Crippen LogP contribution < -0.4 is 5.32 Å². The maximum absolute atomic E-state index is 12.3. The van der Waals surface area contributed by atoms with Crippen molar-refractivity contribution in [3.05, 3.63) is 57.1 Å². The third-order valence-electron chi connectivity index (χ3n) is 3.99. The molecule has 0 unspecified atom stereocenters. The topological polar surface area (TPSA) is 49.4 Å². The number of benzene rings is 2. The van der Waals surface area contributed by atoms with Crippen LogP contribution in [0.4, 0.5) is 5.69 Å². The molecule has 0 aliphatic rings. The lowest BCUT2D eigenvalue weighted by Crippen LogP contribution is -2.36. The van der Waals surface area contributed by atoms with Crippen LogP contribution in [0.25, 0.3) is 0 Å². The van der Waals surface area contributed by atoms with Gasteiger partial charge in [-0.05, 0) is 50.1 Å². The van der Waals surface area contributed by atoms with Gasteiger partial charge < -0.3 is 10.2 Å². The van der Waals surface area contributed by atoms with Gasteiger partial charge in [-0.15, -0.1) is 11.8 Å². The molecule has 7 heteroatoms. The second kappa shape index (κ2) is 9.49. The van der Waals surface area contributed by atoms with Crippen LogP contribution in [0.15, 0.2) is 35.2 Å². The molecule has 27 heavy (non-hydrogen) atoms. The second-order valence-corrected chi connectivity index (χ2v) is 8.30. The molecule has 0 aliphatic heterocycles. The lowest BCUT2D eigenvalue weighted by atomic mass is 10.1. The maximum Gasteiger partial charge on any atom is 0.243 e. The van der Waals surface area contributed by atoms with Gasteiger partial charge in [0.2, 0.25) is 11.8 Å². The van der Waals surface area contributed by atoms with Gasteiger partial charge in [-0.1, -0.05) is 40.9 Å². The van der Waals surface area contributed by atoms with Gasteiger partial charge in [0.25, 0.3) is 0 Å². The van der Waals surface area contributed by atoms with Gasteiger partial charge in [-0.25, -0.2) is 0 Å². The molecule has 0 bridgehead atoms. The Morgan fingerprint density at radius 1 is 1.07 bits per heavy atom. The van der Waals surface area contributed by atoms with E-state index in [9.17, 15) is 9.59 Å². The Labute approximate surface area is 174 Å². The SMILES string of the molecule is Cc1cc(C)c(NC(=O)CN(C)C(=O)CSc2cc(Cl)ccc2Cl)c(C)c1. The van der Waals surface area contributed by atoms with E-state index in [0.29, 0.717) is 10.0 Å². The molecular formula is C20H22Cl2N2O2S. The second-order valence-electron chi connectivity index (χ2n) is 6.44. The number of carbonyl (C=O) groups excluding carboxylic acids is 2. The molecular weight excluding hydrogens is 403 g/mol. The molecule has 2 amide bonds. The number of aryl methyl sites for hydroxylation is 3. The smallest absolute Gasteiger partial charge is 0.243 e. The maximum atomic E-state index is 12.3. The number of halogens is 2. The Kier molecular flexibility index (Phi) is 7.59. The number of anilines is 1. The zero-order chi connectivity index (χ0) is 20.1. The summed E-state index contributed by atoms with van der Waals surface area (Å²) in [5.74, 6) is -0.220. The number of nitrogens with zero attached hydrogens (tertiary/aromatic N) is 1. The van der Waals surface area contributed by atoms with Crippen molar-refractivity contribution in [2.24, 2.45) is 0 Å². The van der Waals surface area contributed by atoms with Crippen LogP contribution in [-0.2, 0) is 9.59 Å². The summed E-state index contributed by atoms with van der Waals surface area (Å²) in [7, 11) is 1.61. The molecule has 1 N–H and O–H groups in total. The van der Waals surface area contributed by atoms with Crippen molar-refractivity contribution < 1.29 is 9.59 Å². The van der Waals surface area contributed by atoms with Crippen molar-refractivity contribution in [3.8, 4) is 0 Å². The monoisotopic (exact) mass is 424 g/mol. The Balaban J connectivity index is 1.92. The Hall–Kier alpha value is -1.69. The number of thioether (sulfide) groups is 1. The molecule has 0 aliphatic carbocycles. The molecule has 2 rings (SSSR count). The Bertz CT molecular complexity index is 848. The van der Waals surface area contributed by atoms with Crippen molar-refractivity contribution >= 4 is 52.5 Å². The molecule has 0 spiro atoms. The van der Waals surface area contributed by atoms with Gasteiger partial charge >= 0.3 is 0 Å². The highest BCUT2D eigenvalue weighted by molar-refractivity contribution is 8.00. The average Bonchev–Trinajstić information content (AvgIpc) is 2.58. The molecule has 0 saturated heterocycles. The van der Waals surface area contributed by atoms with Crippen LogP contribution in [0.5, 0.6) is 0 Å². The minimum Gasteiger partial charge on any atom is -0.336 e. The minimum atomic E-state index is -0.230. The number of carbonyl (C=O) groups is 2. The molecule has 0 atom stereocenters. The highest BCUT2D eigenvalue weighted by Crippen LogP contribution is 2.30. The highest BCUT2D eigenvalue weighted by Gasteiger charge is 2.16. The van der Waals surface area contributed by atoms with Crippen LogP contribution in [0.2, 0.25) is 10.0 Å². The molecule has 2 aromatic rings. The summed E-state index contributed by atoms with van der Waals surface area (Å²) in [5.41, 5.74) is 3.94. The Morgan fingerprint density at radius 3 is 2.33 bits per heavy atom. The van der Waals surface area contributed by atoms with Crippen molar-refractivity contribution in [2.75, 3.05) is 24.7 Å². The fourth-order valence-electron chi connectivity index (χ4n) is 2.70. The van der Waals surface area contributed by atoms with Gasteiger partial charge in [0.05, 0.1) is 17.3 Å². The lowest BCUT2D eigenvalue weighted by Gasteiger charge is -2.18. The van der Waals surface area contributed by atoms with Crippen LogP contribution in [-0.4, -0.2) is 36.1 Å². The van der Waals surface area contributed by atoms with E-state index in [1.54, 1.807) is 25.2 Å². The van der Waals surface area contributed by atoms with Gasteiger partial charge in [0, 0.05) is 22.7 Å². The molecule has 0 radical (unpaired) electrons. The predicted molar refractivity (Wildman–Crippen MR) is 114 cm³/mol. The van der Waals surface area contributed by atoms with E-state index in [0.717, 1.165) is 27.3 Å².